The quantitative estimate of drug-likeness (QED) is 0.701. The van der Waals surface area contributed by atoms with Gasteiger partial charge in [-0.05, 0) is 41.0 Å². The van der Waals surface area contributed by atoms with E-state index in [1.165, 1.54) is 5.56 Å². The van der Waals surface area contributed by atoms with Crippen LogP contribution in [0.3, 0.4) is 0 Å². The summed E-state index contributed by atoms with van der Waals surface area (Å²) in [5, 5.41) is 22.1. The van der Waals surface area contributed by atoms with Crippen LogP contribution in [0.1, 0.15) is 58.1 Å². The van der Waals surface area contributed by atoms with Gasteiger partial charge < -0.3 is 5.11 Å². The molecule has 1 heterocycles. The van der Waals surface area contributed by atoms with Gasteiger partial charge in [0.25, 0.3) is 0 Å². The second kappa shape index (κ2) is 5.93. The molecule has 4 nitrogen and oxygen atoms in total. The maximum atomic E-state index is 11.0. The number of hydrogen-bond acceptors (Lipinski definition) is 3. The Balaban J connectivity index is 2.32. The van der Waals surface area contributed by atoms with Crippen LogP contribution >= 0.6 is 0 Å². The van der Waals surface area contributed by atoms with Crippen LogP contribution in [0.15, 0.2) is 30.3 Å². The van der Waals surface area contributed by atoms with Gasteiger partial charge in [0.15, 0.2) is 0 Å². The molecular formula is C20H25N3O. The topological polar surface area (TPSA) is 61.8 Å². The second-order valence-corrected chi connectivity index (χ2v) is 7.52. The van der Waals surface area contributed by atoms with E-state index in [4.69, 9.17) is 0 Å². The molecule has 2 aromatic carbocycles. The van der Waals surface area contributed by atoms with Crippen molar-refractivity contribution in [3.05, 3.63) is 41.5 Å². The number of aromatic amines is 1. The molecule has 0 saturated carbocycles. The van der Waals surface area contributed by atoms with Crippen molar-refractivity contribution in [2.24, 2.45) is 0 Å². The standard InChI is InChI=1S/C20H25N3O/c1-6-12(2)15-10-13(20(3,4)5)11-16(19(15)24)14-8-7-9-17-18(14)22-23-21-17/h7-12,24H,6H2,1-5H3,(H,21,22,23). The maximum Gasteiger partial charge on any atom is 0.126 e. The molecule has 0 aliphatic heterocycles. The zero-order chi connectivity index (χ0) is 17.5. The Labute approximate surface area is 142 Å². The Morgan fingerprint density at radius 1 is 1.12 bits per heavy atom. The highest BCUT2D eigenvalue weighted by Gasteiger charge is 2.22. The summed E-state index contributed by atoms with van der Waals surface area (Å²) in [6.07, 6.45) is 0.981. The van der Waals surface area contributed by atoms with E-state index in [-0.39, 0.29) is 5.41 Å². The minimum absolute atomic E-state index is 0.00236. The molecule has 126 valence electrons. The highest BCUT2D eigenvalue weighted by molar-refractivity contribution is 5.93. The minimum Gasteiger partial charge on any atom is -0.507 e. The van der Waals surface area contributed by atoms with Gasteiger partial charge in [-0.2, -0.15) is 15.4 Å². The highest BCUT2D eigenvalue weighted by atomic mass is 16.3. The Morgan fingerprint density at radius 2 is 1.88 bits per heavy atom. The highest BCUT2D eigenvalue weighted by Crippen LogP contribution is 2.42. The van der Waals surface area contributed by atoms with Crippen molar-refractivity contribution in [1.82, 2.24) is 15.4 Å². The number of phenols is 1. The number of rotatable bonds is 3. The molecule has 24 heavy (non-hydrogen) atoms. The van der Waals surface area contributed by atoms with Crippen LogP contribution in [0.25, 0.3) is 22.2 Å². The molecule has 0 saturated heterocycles. The summed E-state index contributed by atoms with van der Waals surface area (Å²) in [5.41, 5.74) is 5.55. The molecule has 1 aromatic heterocycles. The molecule has 0 aliphatic carbocycles. The summed E-state index contributed by atoms with van der Waals surface area (Å²) in [7, 11) is 0. The number of benzene rings is 2. The fourth-order valence-corrected chi connectivity index (χ4v) is 2.98. The first-order valence-corrected chi connectivity index (χ1v) is 8.50. The van der Waals surface area contributed by atoms with E-state index in [1.54, 1.807) is 0 Å². The lowest BCUT2D eigenvalue weighted by Crippen LogP contribution is -2.12. The molecule has 0 amide bonds. The second-order valence-electron chi connectivity index (χ2n) is 7.52. The summed E-state index contributed by atoms with van der Waals surface area (Å²) in [6.45, 7) is 10.9. The number of phenolic OH excluding ortho intramolecular Hbond substituents is 1. The van der Waals surface area contributed by atoms with E-state index in [2.05, 4.69) is 62.2 Å². The van der Waals surface area contributed by atoms with Crippen LogP contribution in [0, 0.1) is 0 Å². The van der Waals surface area contributed by atoms with Gasteiger partial charge in [-0.1, -0.05) is 52.8 Å². The van der Waals surface area contributed by atoms with E-state index in [0.717, 1.165) is 34.1 Å². The van der Waals surface area contributed by atoms with Crippen LogP contribution in [0.5, 0.6) is 5.75 Å². The molecule has 0 aliphatic rings. The minimum atomic E-state index is 0.00236. The molecule has 1 atom stereocenters. The third kappa shape index (κ3) is 2.77. The van der Waals surface area contributed by atoms with E-state index in [9.17, 15) is 5.11 Å². The maximum absolute atomic E-state index is 11.0. The van der Waals surface area contributed by atoms with Crippen molar-refractivity contribution >= 4 is 11.0 Å². The van der Waals surface area contributed by atoms with Gasteiger partial charge in [-0.25, -0.2) is 0 Å². The van der Waals surface area contributed by atoms with Gasteiger partial charge in [0.2, 0.25) is 0 Å². The predicted octanol–water partition coefficient (Wildman–Crippen LogP) is 5.14. The molecule has 0 bridgehead atoms. The van der Waals surface area contributed by atoms with Gasteiger partial charge in [0, 0.05) is 11.1 Å². The normalized spacial score (nSPS) is 13.4. The Morgan fingerprint density at radius 3 is 2.54 bits per heavy atom. The molecule has 2 N–H and O–H groups in total. The van der Waals surface area contributed by atoms with Gasteiger partial charge in [0.1, 0.15) is 16.8 Å². The third-order valence-corrected chi connectivity index (χ3v) is 4.79. The van der Waals surface area contributed by atoms with E-state index in [0.29, 0.717) is 11.7 Å². The monoisotopic (exact) mass is 323 g/mol. The predicted molar refractivity (Wildman–Crippen MR) is 98.4 cm³/mol. The molecule has 4 heteroatoms. The largest absolute Gasteiger partial charge is 0.507 e. The molecule has 0 fully saturated rings. The first kappa shape index (κ1) is 16.5. The van der Waals surface area contributed by atoms with Gasteiger partial charge >= 0.3 is 0 Å². The van der Waals surface area contributed by atoms with Gasteiger partial charge in [0.05, 0.1) is 0 Å². The fourth-order valence-electron chi connectivity index (χ4n) is 2.98. The Bertz CT molecular complexity index is 874. The summed E-state index contributed by atoms with van der Waals surface area (Å²) in [4.78, 5) is 0. The number of nitrogens with zero attached hydrogens (tertiary/aromatic N) is 2. The van der Waals surface area contributed by atoms with E-state index < -0.39 is 0 Å². The van der Waals surface area contributed by atoms with Crippen LogP contribution in [0.4, 0.5) is 0 Å². The number of hydrogen-bond donors (Lipinski definition) is 2. The van der Waals surface area contributed by atoms with E-state index in [1.807, 2.05) is 18.2 Å². The Kier molecular flexibility index (Phi) is 4.08. The zero-order valence-electron chi connectivity index (χ0n) is 15.0. The number of nitrogens with one attached hydrogen (secondary N) is 1. The summed E-state index contributed by atoms with van der Waals surface area (Å²) >= 11 is 0. The first-order chi connectivity index (χ1) is 11.3. The molecule has 1 unspecified atom stereocenters. The lowest BCUT2D eigenvalue weighted by molar-refractivity contribution is 0.462. The van der Waals surface area contributed by atoms with Crippen LogP contribution < -0.4 is 0 Å². The van der Waals surface area contributed by atoms with Gasteiger partial charge in [-0.3, -0.25) is 0 Å². The number of para-hydroxylation sites is 1. The zero-order valence-corrected chi connectivity index (χ0v) is 15.0. The van der Waals surface area contributed by atoms with Crippen molar-refractivity contribution in [3.63, 3.8) is 0 Å². The summed E-state index contributed by atoms with van der Waals surface area (Å²) in [5.74, 6) is 0.649. The van der Waals surface area contributed by atoms with Crippen molar-refractivity contribution in [2.75, 3.05) is 0 Å². The van der Waals surface area contributed by atoms with Crippen LogP contribution in [-0.4, -0.2) is 20.5 Å². The molecule has 3 aromatic rings. The van der Waals surface area contributed by atoms with Crippen molar-refractivity contribution in [2.45, 2.75) is 52.4 Å². The molecule has 3 rings (SSSR count). The molecule has 0 spiro atoms. The van der Waals surface area contributed by atoms with Crippen molar-refractivity contribution in [3.8, 4) is 16.9 Å². The first-order valence-electron chi connectivity index (χ1n) is 8.50. The summed E-state index contributed by atoms with van der Waals surface area (Å²) in [6, 6.07) is 10.1. The number of aromatic nitrogens is 3. The molecule has 0 radical (unpaired) electrons. The smallest absolute Gasteiger partial charge is 0.126 e. The summed E-state index contributed by atoms with van der Waals surface area (Å²) < 4.78 is 0. The number of fused-ring (bicyclic) bond motifs is 1. The van der Waals surface area contributed by atoms with E-state index >= 15 is 0 Å². The number of aromatic hydroxyl groups is 1. The van der Waals surface area contributed by atoms with Gasteiger partial charge in [-0.15, -0.1) is 0 Å². The van der Waals surface area contributed by atoms with Crippen molar-refractivity contribution in [1.29, 1.82) is 0 Å². The Hall–Kier alpha value is -2.36. The van der Waals surface area contributed by atoms with Crippen molar-refractivity contribution < 1.29 is 5.11 Å². The molecular weight excluding hydrogens is 298 g/mol. The number of H-pyrrole nitrogens is 1. The average Bonchev–Trinajstić information content (AvgIpc) is 3.02. The SMILES string of the molecule is CCC(C)c1cc(C(C)(C)C)cc(-c2cccc3n[nH]nc23)c1O. The van der Waals surface area contributed by atoms with Crippen LogP contribution in [0.2, 0.25) is 0 Å². The average molecular weight is 323 g/mol. The van der Waals surface area contributed by atoms with Crippen LogP contribution in [-0.2, 0) is 5.41 Å². The lowest BCUT2D eigenvalue weighted by Gasteiger charge is -2.24. The lowest BCUT2D eigenvalue weighted by atomic mass is 9.81. The fraction of sp³-hybridized carbons (Fsp3) is 0.400. The third-order valence-electron chi connectivity index (χ3n) is 4.79.